The number of hydrogen-bond acceptors (Lipinski definition) is 4. The number of hydrogen-bond donors (Lipinski definition) is 2. The predicted octanol–water partition coefficient (Wildman–Crippen LogP) is 2.44. The molecule has 27 heavy (non-hydrogen) atoms. The first-order chi connectivity index (χ1) is 12.8. The lowest BCUT2D eigenvalue weighted by atomic mass is 10.2. The van der Waals surface area contributed by atoms with Gasteiger partial charge < -0.3 is 15.4 Å². The Labute approximate surface area is 176 Å². The fourth-order valence-corrected chi connectivity index (χ4v) is 2.55. The van der Waals surface area contributed by atoms with Crippen molar-refractivity contribution < 1.29 is 4.74 Å². The highest BCUT2D eigenvalue weighted by atomic mass is 127. The number of fused-ring (bicyclic) bond motifs is 1. The summed E-state index contributed by atoms with van der Waals surface area (Å²) in [6.07, 6.45) is 2.73. The summed E-state index contributed by atoms with van der Waals surface area (Å²) >= 11 is 0. The van der Waals surface area contributed by atoms with Gasteiger partial charge >= 0.3 is 0 Å². The van der Waals surface area contributed by atoms with Crippen molar-refractivity contribution in [3.05, 3.63) is 60.0 Å². The van der Waals surface area contributed by atoms with E-state index < -0.39 is 0 Å². The van der Waals surface area contributed by atoms with Gasteiger partial charge in [-0.3, -0.25) is 9.39 Å². The maximum Gasteiger partial charge on any atom is 0.191 e. The molecule has 2 heterocycles. The van der Waals surface area contributed by atoms with Crippen LogP contribution >= 0.6 is 24.0 Å². The Hall–Kier alpha value is -2.36. The van der Waals surface area contributed by atoms with Crippen molar-refractivity contribution in [3.63, 3.8) is 0 Å². The number of nitrogens with zero attached hydrogens (tertiary/aromatic N) is 4. The number of aliphatic imine (C=N–C) groups is 1. The summed E-state index contributed by atoms with van der Waals surface area (Å²) in [5.41, 5.74) is 2.08. The lowest BCUT2D eigenvalue weighted by Crippen LogP contribution is -2.40. The van der Waals surface area contributed by atoms with Crippen molar-refractivity contribution in [2.24, 2.45) is 4.99 Å². The summed E-state index contributed by atoms with van der Waals surface area (Å²) in [5.74, 6) is 2.54. The van der Waals surface area contributed by atoms with Gasteiger partial charge in [-0.25, -0.2) is 0 Å². The molecule has 0 spiro atoms. The number of aromatic nitrogens is 3. The topological polar surface area (TPSA) is 75.8 Å². The molecule has 0 radical (unpaired) electrons. The van der Waals surface area contributed by atoms with E-state index in [-0.39, 0.29) is 24.0 Å². The number of nitrogens with one attached hydrogen (secondary N) is 2. The summed E-state index contributed by atoms with van der Waals surface area (Å²) in [5, 5.41) is 14.9. The van der Waals surface area contributed by atoms with Gasteiger partial charge in [0.05, 0.1) is 6.54 Å². The number of pyridine rings is 1. The average Bonchev–Trinajstić information content (AvgIpc) is 3.08. The quantitative estimate of drug-likeness (QED) is 0.235. The lowest BCUT2D eigenvalue weighted by molar-refractivity contribution is 0.322. The van der Waals surface area contributed by atoms with Gasteiger partial charge in [0.1, 0.15) is 18.2 Å². The zero-order chi connectivity index (χ0) is 18.2. The van der Waals surface area contributed by atoms with Crippen LogP contribution in [-0.4, -0.2) is 47.3 Å². The Balaban J connectivity index is 0.00000261. The van der Waals surface area contributed by atoms with Crippen molar-refractivity contribution in [2.45, 2.75) is 13.3 Å². The van der Waals surface area contributed by atoms with Gasteiger partial charge in [0.2, 0.25) is 0 Å². The third-order valence-corrected chi connectivity index (χ3v) is 3.93. The average molecular weight is 480 g/mol. The van der Waals surface area contributed by atoms with E-state index in [1.165, 1.54) is 5.56 Å². The highest BCUT2D eigenvalue weighted by molar-refractivity contribution is 14.0. The van der Waals surface area contributed by atoms with Crippen LogP contribution in [0.1, 0.15) is 11.4 Å². The van der Waals surface area contributed by atoms with Crippen LogP contribution in [0, 0.1) is 6.92 Å². The molecule has 0 amide bonds. The predicted molar refractivity (Wildman–Crippen MR) is 118 cm³/mol. The molecule has 0 aliphatic carbocycles. The molecule has 2 N–H and O–H groups in total. The molecular weight excluding hydrogens is 455 g/mol. The van der Waals surface area contributed by atoms with Crippen LogP contribution in [-0.2, 0) is 6.42 Å². The van der Waals surface area contributed by atoms with Crippen molar-refractivity contribution in [2.75, 3.05) is 26.7 Å². The zero-order valence-electron chi connectivity index (χ0n) is 15.6. The second-order valence-electron chi connectivity index (χ2n) is 5.88. The Morgan fingerprint density at radius 1 is 1.07 bits per heavy atom. The molecule has 0 saturated heterocycles. The van der Waals surface area contributed by atoms with Gasteiger partial charge in [-0.1, -0.05) is 23.8 Å². The number of benzene rings is 1. The molecule has 0 unspecified atom stereocenters. The summed E-state index contributed by atoms with van der Waals surface area (Å²) in [6.45, 7) is 4.01. The van der Waals surface area contributed by atoms with Crippen LogP contribution in [0.15, 0.2) is 53.7 Å². The van der Waals surface area contributed by atoms with Crippen LogP contribution in [0.4, 0.5) is 0 Å². The first kappa shape index (κ1) is 20.9. The first-order valence-corrected chi connectivity index (χ1v) is 8.69. The molecule has 0 bridgehead atoms. The Kier molecular flexibility index (Phi) is 8.31. The van der Waals surface area contributed by atoms with E-state index in [2.05, 4.69) is 32.7 Å². The number of aryl methyl sites for hydroxylation is 1. The minimum Gasteiger partial charge on any atom is -0.492 e. The SMILES string of the molecule is CN=C(NCCOc1ccc(C)cc1)NCCc1nnc2ccccn12.I. The second-order valence-corrected chi connectivity index (χ2v) is 5.88. The number of rotatable bonds is 7. The monoisotopic (exact) mass is 480 g/mol. The molecule has 0 saturated carbocycles. The third kappa shape index (κ3) is 6.09. The zero-order valence-corrected chi connectivity index (χ0v) is 17.9. The highest BCUT2D eigenvalue weighted by Crippen LogP contribution is 2.10. The minimum atomic E-state index is 0. The second kappa shape index (κ2) is 10.7. The molecule has 0 aliphatic rings. The molecular formula is C19H25IN6O. The van der Waals surface area contributed by atoms with Crippen LogP contribution in [0.2, 0.25) is 0 Å². The minimum absolute atomic E-state index is 0. The molecule has 0 atom stereocenters. The maximum absolute atomic E-state index is 5.70. The molecule has 0 fully saturated rings. The number of guanidine groups is 1. The lowest BCUT2D eigenvalue weighted by Gasteiger charge is -2.12. The first-order valence-electron chi connectivity index (χ1n) is 8.69. The van der Waals surface area contributed by atoms with Crippen LogP contribution in [0.5, 0.6) is 5.75 Å². The van der Waals surface area contributed by atoms with Gasteiger partial charge in [0.15, 0.2) is 11.6 Å². The van der Waals surface area contributed by atoms with E-state index >= 15 is 0 Å². The van der Waals surface area contributed by atoms with E-state index in [1.807, 2.05) is 53.1 Å². The summed E-state index contributed by atoms with van der Waals surface area (Å²) in [7, 11) is 1.75. The van der Waals surface area contributed by atoms with Gasteiger partial charge in [-0.05, 0) is 31.2 Å². The fourth-order valence-electron chi connectivity index (χ4n) is 2.55. The molecule has 1 aromatic carbocycles. The molecule has 144 valence electrons. The fraction of sp³-hybridized carbons (Fsp3) is 0.316. The van der Waals surface area contributed by atoms with Crippen molar-refractivity contribution >= 4 is 35.6 Å². The van der Waals surface area contributed by atoms with Crippen LogP contribution in [0.25, 0.3) is 5.65 Å². The Morgan fingerprint density at radius 3 is 2.63 bits per heavy atom. The Morgan fingerprint density at radius 2 is 1.85 bits per heavy atom. The molecule has 7 nitrogen and oxygen atoms in total. The molecule has 2 aromatic heterocycles. The van der Waals surface area contributed by atoms with E-state index in [1.54, 1.807) is 7.05 Å². The summed E-state index contributed by atoms with van der Waals surface area (Å²) in [4.78, 5) is 4.22. The normalized spacial score (nSPS) is 11.1. The summed E-state index contributed by atoms with van der Waals surface area (Å²) < 4.78 is 7.69. The van der Waals surface area contributed by atoms with Crippen LogP contribution < -0.4 is 15.4 Å². The van der Waals surface area contributed by atoms with E-state index in [9.17, 15) is 0 Å². The molecule has 0 aliphatic heterocycles. The molecule has 3 aromatic rings. The molecule has 8 heteroatoms. The van der Waals surface area contributed by atoms with Gasteiger partial charge in [-0.15, -0.1) is 34.2 Å². The van der Waals surface area contributed by atoms with E-state index in [0.717, 1.165) is 29.6 Å². The van der Waals surface area contributed by atoms with E-state index in [4.69, 9.17) is 4.74 Å². The van der Waals surface area contributed by atoms with Crippen LogP contribution in [0.3, 0.4) is 0 Å². The van der Waals surface area contributed by atoms with Gasteiger partial charge in [-0.2, -0.15) is 0 Å². The van der Waals surface area contributed by atoms with Gasteiger partial charge in [0, 0.05) is 26.2 Å². The van der Waals surface area contributed by atoms with Crippen molar-refractivity contribution in [3.8, 4) is 5.75 Å². The third-order valence-electron chi connectivity index (χ3n) is 3.93. The van der Waals surface area contributed by atoms with Crippen molar-refractivity contribution in [1.82, 2.24) is 25.2 Å². The van der Waals surface area contributed by atoms with Crippen molar-refractivity contribution in [1.29, 1.82) is 0 Å². The number of halogens is 1. The maximum atomic E-state index is 5.70. The number of ether oxygens (including phenoxy) is 1. The van der Waals surface area contributed by atoms with E-state index in [0.29, 0.717) is 19.7 Å². The highest BCUT2D eigenvalue weighted by Gasteiger charge is 2.04. The standard InChI is InChI=1S/C19H24N6O.HI/c1-15-6-8-16(9-7-15)26-14-12-22-19(20-2)21-11-10-18-24-23-17-5-3-4-13-25(17)18;/h3-9,13H,10-12,14H2,1-2H3,(H2,20,21,22);1H. The largest absolute Gasteiger partial charge is 0.492 e. The summed E-state index contributed by atoms with van der Waals surface area (Å²) in [6, 6.07) is 13.9. The molecule has 3 rings (SSSR count). The Bertz CT molecular complexity index is 862. The smallest absolute Gasteiger partial charge is 0.191 e. The van der Waals surface area contributed by atoms with Gasteiger partial charge in [0.25, 0.3) is 0 Å².